The van der Waals surface area contributed by atoms with Crippen LogP contribution in [0.5, 0.6) is 0 Å². The minimum absolute atomic E-state index is 0.0879. The van der Waals surface area contributed by atoms with Crippen LogP contribution in [0.25, 0.3) is 11.3 Å². The Hall–Kier alpha value is -3.54. The molecule has 0 bridgehead atoms. The molecule has 2 N–H and O–H groups in total. The van der Waals surface area contributed by atoms with Crippen LogP contribution in [0.2, 0.25) is 0 Å². The molecule has 5 rings (SSSR count). The fourth-order valence-corrected chi connectivity index (χ4v) is 3.87. The van der Waals surface area contributed by atoms with Crippen molar-refractivity contribution in [2.45, 2.75) is 13.1 Å². The summed E-state index contributed by atoms with van der Waals surface area (Å²) >= 11 is 0. The zero-order valence-electron chi connectivity index (χ0n) is 17.2. The number of alkyl halides is 3. The number of hydrogen-bond acceptors (Lipinski definition) is 6. The molecule has 0 unspecified atom stereocenters. The van der Waals surface area contributed by atoms with E-state index in [1.807, 2.05) is 0 Å². The third-order valence-corrected chi connectivity index (χ3v) is 5.46. The highest BCUT2D eigenvalue weighted by molar-refractivity contribution is 6.14. The number of fused-ring (bicyclic) bond motifs is 3. The molecule has 4 heterocycles. The number of aromatic nitrogens is 3. The number of amidine groups is 1. The number of benzene rings is 1. The zero-order chi connectivity index (χ0) is 23.3. The Morgan fingerprint density at radius 3 is 2.45 bits per heavy atom. The van der Waals surface area contributed by atoms with E-state index in [1.54, 1.807) is 11.8 Å². The molecule has 172 valence electrons. The molecule has 2 aromatic heterocycles. The minimum Gasteiger partial charge on any atom is -0.378 e. The molecule has 1 aromatic carbocycles. The van der Waals surface area contributed by atoms with Crippen LogP contribution in [0.1, 0.15) is 17.0 Å². The summed E-state index contributed by atoms with van der Waals surface area (Å²) in [5, 5.41) is 9.29. The number of rotatable bonds is 2. The number of H-pyrrole nitrogens is 1. The lowest BCUT2D eigenvalue weighted by atomic mass is 10.1. The summed E-state index contributed by atoms with van der Waals surface area (Å²) in [5.74, 6) is -2.26. The number of aryl methyl sites for hydroxylation is 1. The van der Waals surface area contributed by atoms with Gasteiger partial charge < -0.3 is 15.0 Å². The summed E-state index contributed by atoms with van der Waals surface area (Å²) in [7, 11) is 0. The van der Waals surface area contributed by atoms with Crippen LogP contribution in [0, 0.1) is 18.6 Å². The first kappa shape index (κ1) is 21.3. The number of nitrogens with one attached hydrogen (secondary N) is 2. The van der Waals surface area contributed by atoms with Crippen molar-refractivity contribution in [3.8, 4) is 11.3 Å². The summed E-state index contributed by atoms with van der Waals surface area (Å²) in [4.78, 5) is 9.84. The largest absolute Gasteiger partial charge is 0.435 e. The van der Waals surface area contributed by atoms with Gasteiger partial charge in [-0.25, -0.2) is 18.8 Å². The first-order valence-corrected chi connectivity index (χ1v) is 10.0. The van der Waals surface area contributed by atoms with Crippen molar-refractivity contribution in [3.63, 3.8) is 0 Å². The van der Waals surface area contributed by atoms with Crippen molar-refractivity contribution in [1.29, 1.82) is 0 Å². The number of anilines is 2. The van der Waals surface area contributed by atoms with Gasteiger partial charge in [-0.3, -0.25) is 5.10 Å². The number of nitrogens with zero attached hydrogens (tertiary/aromatic N) is 4. The zero-order valence-corrected chi connectivity index (χ0v) is 17.2. The van der Waals surface area contributed by atoms with Crippen molar-refractivity contribution in [2.24, 2.45) is 4.99 Å². The van der Waals surface area contributed by atoms with Crippen molar-refractivity contribution in [2.75, 3.05) is 36.5 Å². The normalized spacial score (nSPS) is 15.9. The van der Waals surface area contributed by atoms with E-state index in [0.29, 0.717) is 32.0 Å². The quantitative estimate of drug-likeness (QED) is 0.549. The van der Waals surface area contributed by atoms with E-state index in [4.69, 9.17) is 4.74 Å². The van der Waals surface area contributed by atoms with Gasteiger partial charge in [0.25, 0.3) is 0 Å². The van der Waals surface area contributed by atoms with Crippen LogP contribution in [-0.4, -0.2) is 47.3 Å². The van der Waals surface area contributed by atoms with Gasteiger partial charge in [0, 0.05) is 18.7 Å². The first-order chi connectivity index (χ1) is 15.7. The summed E-state index contributed by atoms with van der Waals surface area (Å²) < 4.78 is 76.9. The molecule has 0 atom stereocenters. The smallest absolute Gasteiger partial charge is 0.378 e. The van der Waals surface area contributed by atoms with Gasteiger partial charge in [-0.05, 0) is 25.1 Å². The van der Waals surface area contributed by atoms with Crippen LogP contribution in [-0.2, 0) is 10.9 Å². The average molecular weight is 464 g/mol. The van der Waals surface area contributed by atoms with Crippen molar-refractivity contribution in [3.05, 3.63) is 52.9 Å². The van der Waals surface area contributed by atoms with Gasteiger partial charge in [0.05, 0.1) is 35.9 Å². The Morgan fingerprint density at radius 2 is 1.79 bits per heavy atom. The number of pyridine rings is 1. The van der Waals surface area contributed by atoms with Crippen LogP contribution in [0.4, 0.5) is 39.1 Å². The molecule has 2 aliphatic heterocycles. The van der Waals surface area contributed by atoms with Gasteiger partial charge >= 0.3 is 6.18 Å². The fraction of sp³-hybridized carbons (Fsp3) is 0.286. The molecule has 1 fully saturated rings. The Balaban J connectivity index is 1.77. The molecule has 0 radical (unpaired) electrons. The van der Waals surface area contributed by atoms with E-state index < -0.39 is 40.6 Å². The molecular formula is C21H17F5N6O. The Morgan fingerprint density at radius 1 is 1.09 bits per heavy atom. The number of halogens is 5. The predicted octanol–water partition coefficient (Wildman–Crippen LogP) is 4.42. The summed E-state index contributed by atoms with van der Waals surface area (Å²) in [5.41, 5.74) is -1.48. The second-order valence-corrected chi connectivity index (χ2v) is 7.56. The van der Waals surface area contributed by atoms with Gasteiger partial charge in [-0.2, -0.15) is 18.3 Å². The van der Waals surface area contributed by atoms with Gasteiger partial charge in [-0.1, -0.05) is 6.07 Å². The fourth-order valence-electron chi connectivity index (χ4n) is 3.87. The number of morpholine rings is 1. The molecule has 0 amide bonds. The number of aliphatic imine (C=N–C) groups is 1. The highest BCUT2D eigenvalue weighted by atomic mass is 19.4. The standard InChI is InChI=1S/C21H17F5N6O/c1-10-16-17(31-30-10)11-9-14(32-5-7-33-8-6-32)27-19(21(24,25)26)18(11)29-20(28-16)15-12(22)3-2-4-13(15)23/h2-4,9H,5-8H2,1H3,(H,28,29)(H,30,31). The lowest BCUT2D eigenvalue weighted by molar-refractivity contribution is -0.140. The summed E-state index contributed by atoms with van der Waals surface area (Å²) in [6, 6.07) is 4.64. The van der Waals surface area contributed by atoms with Gasteiger partial charge in [0.2, 0.25) is 0 Å². The van der Waals surface area contributed by atoms with Crippen LogP contribution >= 0.6 is 0 Å². The molecule has 12 heteroatoms. The Bertz CT molecular complexity index is 1240. The Kier molecular flexibility index (Phi) is 5.04. The molecule has 7 nitrogen and oxygen atoms in total. The molecule has 0 saturated carbocycles. The maximum Gasteiger partial charge on any atom is 0.435 e. The van der Waals surface area contributed by atoms with E-state index in [-0.39, 0.29) is 22.8 Å². The van der Waals surface area contributed by atoms with Crippen molar-refractivity contribution < 1.29 is 26.7 Å². The summed E-state index contributed by atoms with van der Waals surface area (Å²) in [6.07, 6.45) is -4.86. The SMILES string of the molecule is Cc1n[nH]c2c1N=C(c1c(F)cccc1F)Nc1c-2cc(N2CCOCC2)nc1C(F)(F)F. The number of aromatic amines is 1. The lowest BCUT2D eigenvalue weighted by Gasteiger charge is -2.29. The molecule has 0 spiro atoms. The van der Waals surface area contributed by atoms with Crippen molar-refractivity contribution >= 4 is 23.0 Å². The van der Waals surface area contributed by atoms with Crippen LogP contribution in [0.15, 0.2) is 29.3 Å². The van der Waals surface area contributed by atoms with E-state index in [0.717, 1.165) is 18.2 Å². The minimum atomic E-state index is -4.86. The maximum absolute atomic E-state index is 14.5. The van der Waals surface area contributed by atoms with Gasteiger partial charge in [0.1, 0.15) is 29.0 Å². The topological polar surface area (TPSA) is 78.4 Å². The first-order valence-electron chi connectivity index (χ1n) is 10.0. The lowest BCUT2D eigenvalue weighted by Crippen LogP contribution is -2.37. The summed E-state index contributed by atoms with van der Waals surface area (Å²) in [6.45, 7) is 3.04. The maximum atomic E-state index is 14.5. The van der Waals surface area contributed by atoms with Gasteiger partial charge in [0.15, 0.2) is 5.69 Å². The third-order valence-electron chi connectivity index (χ3n) is 5.46. The van der Waals surface area contributed by atoms with E-state index in [2.05, 4.69) is 25.5 Å². The van der Waals surface area contributed by atoms with E-state index in [1.165, 1.54) is 6.07 Å². The van der Waals surface area contributed by atoms with Crippen molar-refractivity contribution in [1.82, 2.24) is 15.2 Å². The highest BCUT2D eigenvalue weighted by Crippen LogP contribution is 2.45. The monoisotopic (exact) mass is 464 g/mol. The van der Waals surface area contributed by atoms with Crippen LogP contribution < -0.4 is 10.2 Å². The average Bonchev–Trinajstić information content (AvgIpc) is 3.04. The van der Waals surface area contributed by atoms with Crippen LogP contribution in [0.3, 0.4) is 0 Å². The second-order valence-electron chi connectivity index (χ2n) is 7.56. The molecule has 3 aromatic rings. The van der Waals surface area contributed by atoms with E-state index in [9.17, 15) is 22.0 Å². The number of ether oxygens (including phenoxy) is 1. The molecule has 2 aliphatic rings. The van der Waals surface area contributed by atoms with Gasteiger partial charge in [-0.15, -0.1) is 0 Å². The second kappa shape index (κ2) is 7.80. The molecule has 1 saturated heterocycles. The number of hydrogen-bond donors (Lipinski definition) is 2. The van der Waals surface area contributed by atoms with E-state index >= 15 is 0 Å². The molecule has 33 heavy (non-hydrogen) atoms. The highest BCUT2D eigenvalue weighted by Gasteiger charge is 2.40. The molecule has 0 aliphatic carbocycles. The third kappa shape index (κ3) is 3.69. The molecular weight excluding hydrogens is 447 g/mol. The Labute approximate surface area is 184 Å². The predicted molar refractivity (Wildman–Crippen MR) is 111 cm³/mol.